The molecule has 0 bridgehead atoms. The predicted octanol–water partition coefficient (Wildman–Crippen LogP) is 0.926. The number of benzene rings is 1. The van der Waals surface area contributed by atoms with Crippen LogP contribution in [0.1, 0.15) is 17.2 Å². The summed E-state index contributed by atoms with van der Waals surface area (Å²) in [6.45, 7) is 0.666. The van der Waals surface area contributed by atoms with Crippen molar-refractivity contribution >= 4 is 6.03 Å². The minimum Gasteiger partial charge on any atom is -0.386 e. The third-order valence-corrected chi connectivity index (χ3v) is 4.11. The molecular weight excluding hydrogens is 318 g/mol. The van der Waals surface area contributed by atoms with Gasteiger partial charge in [0.15, 0.2) is 0 Å². The Morgan fingerprint density at radius 1 is 1.24 bits per heavy atom. The van der Waals surface area contributed by atoms with Gasteiger partial charge in [0.2, 0.25) is 0 Å². The third-order valence-electron chi connectivity index (χ3n) is 4.11. The van der Waals surface area contributed by atoms with E-state index in [0.29, 0.717) is 12.1 Å². The van der Waals surface area contributed by atoms with Crippen molar-refractivity contribution < 1.29 is 9.90 Å². The number of hydrogen-bond acceptors (Lipinski definition) is 4. The summed E-state index contributed by atoms with van der Waals surface area (Å²) in [7, 11) is 5.78. The van der Waals surface area contributed by atoms with Gasteiger partial charge in [-0.15, -0.1) is 0 Å². The molecule has 1 aromatic carbocycles. The highest BCUT2D eigenvalue weighted by atomic mass is 16.3. The monoisotopic (exact) mass is 345 g/mol. The summed E-state index contributed by atoms with van der Waals surface area (Å²) in [5, 5.41) is 19.6. The smallest absolute Gasteiger partial charge is 0.314 e. The summed E-state index contributed by atoms with van der Waals surface area (Å²) < 4.78 is 1.61. The van der Waals surface area contributed by atoms with Crippen LogP contribution in [0.25, 0.3) is 0 Å². The minimum absolute atomic E-state index is 0.142. The van der Waals surface area contributed by atoms with Crippen LogP contribution in [0.2, 0.25) is 0 Å². The number of aliphatic hydroxyl groups excluding tert-OH is 1. The van der Waals surface area contributed by atoms with E-state index in [1.807, 2.05) is 32.3 Å². The number of amides is 2. The van der Waals surface area contributed by atoms with Crippen LogP contribution in [0.5, 0.6) is 0 Å². The van der Waals surface area contributed by atoms with Gasteiger partial charge in [-0.05, 0) is 26.1 Å². The number of aliphatic hydroxyl groups is 1. The van der Waals surface area contributed by atoms with Crippen LogP contribution in [-0.2, 0) is 13.5 Å². The maximum Gasteiger partial charge on any atom is 0.314 e. The van der Waals surface area contributed by atoms with Gasteiger partial charge in [-0.2, -0.15) is 5.10 Å². The molecule has 0 radical (unpaired) electrons. The van der Waals surface area contributed by atoms with Crippen molar-refractivity contribution in [1.82, 2.24) is 25.3 Å². The molecule has 2 aromatic rings. The Kier molecular flexibility index (Phi) is 6.97. The average Bonchev–Trinajstić information content (AvgIpc) is 3.03. The van der Waals surface area contributed by atoms with Gasteiger partial charge in [0, 0.05) is 37.9 Å². The van der Waals surface area contributed by atoms with E-state index in [1.54, 1.807) is 24.1 Å². The molecule has 2 unspecified atom stereocenters. The van der Waals surface area contributed by atoms with Crippen molar-refractivity contribution in [2.45, 2.75) is 18.6 Å². The summed E-state index contributed by atoms with van der Waals surface area (Å²) in [6, 6.07) is 10.1. The summed E-state index contributed by atoms with van der Waals surface area (Å²) in [5.74, 6) is 0. The number of carbonyl (C=O) groups excluding carboxylic acids is 1. The Balaban J connectivity index is 1.76. The first kappa shape index (κ1) is 19.0. The standard InChI is InChI=1S/C18H27N5O2/c1-22(2)16(9-14-7-5-4-6-8-14)11-19-18(25)20-12-17(24)15-10-21-23(3)13-15/h4-8,10,13,16-17,24H,9,11-12H2,1-3H3,(H2,19,20,25). The molecule has 0 aliphatic heterocycles. The number of nitrogens with zero attached hydrogens (tertiary/aromatic N) is 3. The van der Waals surface area contributed by atoms with Gasteiger partial charge < -0.3 is 20.6 Å². The average molecular weight is 345 g/mol. The zero-order valence-corrected chi connectivity index (χ0v) is 15.0. The second-order valence-electron chi connectivity index (χ2n) is 6.36. The quantitative estimate of drug-likeness (QED) is 0.665. The normalized spacial score (nSPS) is 13.5. The number of nitrogens with one attached hydrogen (secondary N) is 2. The fraction of sp³-hybridized carbons (Fsp3) is 0.444. The number of hydrogen-bond donors (Lipinski definition) is 3. The molecule has 2 rings (SSSR count). The third kappa shape index (κ3) is 6.21. The Hall–Kier alpha value is -2.38. The number of aromatic nitrogens is 2. The van der Waals surface area contributed by atoms with Gasteiger partial charge in [-0.1, -0.05) is 30.3 Å². The van der Waals surface area contributed by atoms with E-state index in [0.717, 1.165) is 6.42 Å². The van der Waals surface area contributed by atoms with Crippen molar-refractivity contribution in [2.24, 2.45) is 7.05 Å². The van der Waals surface area contributed by atoms with Gasteiger partial charge >= 0.3 is 6.03 Å². The lowest BCUT2D eigenvalue weighted by Gasteiger charge is -2.25. The van der Waals surface area contributed by atoms with Crippen molar-refractivity contribution in [3.8, 4) is 0 Å². The largest absolute Gasteiger partial charge is 0.386 e. The fourth-order valence-electron chi connectivity index (χ4n) is 2.52. The van der Waals surface area contributed by atoms with E-state index >= 15 is 0 Å². The number of carbonyl (C=O) groups is 1. The Morgan fingerprint density at radius 2 is 1.92 bits per heavy atom. The molecule has 0 aliphatic rings. The highest BCUT2D eigenvalue weighted by molar-refractivity contribution is 5.73. The first-order valence-corrected chi connectivity index (χ1v) is 8.34. The molecule has 7 nitrogen and oxygen atoms in total. The van der Waals surface area contributed by atoms with E-state index in [1.165, 1.54) is 5.56 Å². The molecule has 1 aromatic heterocycles. The van der Waals surface area contributed by atoms with Crippen LogP contribution in [-0.4, -0.2) is 59.0 Å². The summed E-state index contributed by atoms with van der Waals surface area (Å²) in [4.78, 5) is 14.1. The van der Waals surface area contributed by atoms with E-state index in [-0.39, 0.29) is 18.6 Å². The SMILES string of the molecule is CN(C)C(CNC(=O)NCC(O)c1cnn(C)c1)Cc1ccccc1. The van der Waals surface area contributed by atoms with Gasteiger partial charge in [0.25, 0.3) is 0 Å². The molecule has 1 heterocycles. The highest BCUT2D eigenvalue weighted by Crippen LogP contribution is 2.09. The molecule has 0 saturated heterocycles. The van der Waals surface area contributed by atoms with Gasteiger partial charge in [-0.25, -0.2) is 4.79 Å². The van der Waals surface area contributed by atoms with Gasteiger partial charge in [0.1, 0.15) is 0 Å². The predicted molar refractivity (Wildman–Crippen MR) is 97.2 cm³/mol. The molecule has 0 fully saturated rings. The minimum atomic E-state index is -0.770. The molecule has 2 atom stereocenters. The summed E-state index contributed by atoms with van der Waals surface area (Å²) in [6.07, 6.45) is 3.40. The van der Waals surface area contributed by atoms with Gasteiger partial charge in [0.05, 0.1) is 12.3 Å². The second-order valence-corrected chi connectivity index (χ2v) is 6.36. The number of urea groups is 1. The van der Waals surface area contributed by atoms with Crippen LogP contribution in [0.15, 0.2) is 42.7 Å². The number of likely N-dealkylation sites (N-methyl/N-ethyl adjacent to an activating group) is 1. The molecule has 0 saturated carbocycles. The maximum absolute atomic E-state index is 12.0. The highest BCUT2D eigenvalue weighted by Gasteiger charge is 2.15. The van der Waals surface area contributed by atoms with Gasteiger partial charge in [-0.3, -0.25) is 4.68 Å². The molecular formula is C18H27N5O2. The van der Waals surface area contributed by atoms with E-state index in [2.05, 4.69) is 32.8 Å². The van der Waals surface area contributed by atoms with E-state index in [9.17, 15) is 9.90 Å². The lowest BCUT2D eigenvalue weighted by atomic mass is 10.1. The van der Waals surface area contributed by atoms with Crippen LogP contribution >= 0.6 is 0 Å². The van der Waals surface area contributed by atoms with Crippen molar-refractivity contribution in [3.05, 3.63) is 53.9 Å². The molecule has 25 heavy (non-hydrogen) atoms. The van der Waals surface area contributed by atoms with Crippen molar-refractivity contribution in [1.29, 1.82) is 0 Å². The fourth-order valence-corrected chi connectivity index (χ4v) is 2.52. The topological polar surface area (TPSA) is 82.4 Å². The Bertz CT molecular complexity index is 656. The molecule has 0 spiro atoms. The van der Waals surface area contributed by atoms with Crippen LogP contribution < -0.4 is 10.6 Å². The molecule has 2 amide bonds. The molecule has 136 valence electrons. The Morgan fingerprint density at radius 3 is 2.52 bits per heavy atom. The molecule has 7 heteroatoms. The number of aryl methyl sites for hydroxylation is 1. The Labute approximate surface area is 148 Å². The van der Waals surface area contributed by atoms with Crippen LogP contribution in [0.4, 0.5) is 4.79 Å². The summed E-state index contributed by atoms with van der Waals surface area (Å²) in [5.41, 5.74) is 1.91. The second kappa shape index (κ2) is 9.19. The first-order chi connectivity index (χ1) is 12.0. The number of rotatable bonds is 8. The van der Waals surface area contributed by atoms with Crippen LogP contribution in [0.3, 0.4) is 0 Å². The lowest BCUT2D eigenvalue weighted by molar-refractivity contribution is 0.172. The zero-order chi connectivity index (χ0) is 18.2. The lowest BCUT2D eigenvalue weighted by Crippen LogP contribution is -2.45. The zero-order valence-electron chi connectivity index (χ0n) is 15.0. The maximum atomic E-state index is 12.0. The van der Waals surface area contributed by atoms with E-state index < -0.39 is 6.10 Å². The summed E-state index contributed by atoms with van der Waals surface area (Å²) >= 11 is 0. The van der Waals surface area contributed by atoms with Crippen molar-refractivity contribution in [2.75, 3.05) is 27.2 Å². The molecule has 0 aliphatic carbocycles. The first-order valence-electron chi connectivity index (χ1n) is 8.34. The molecule has 3 N–H and O–H groups in total. The van der Waals surface area contributed by atoms with Crippen molar-refractivity contribution in [3.63, 3.8) is 0 Å². The van der Waals surface area contributed by atoms with E-state index in [4.69, 9.17) is 0 Å². The van der Waals surface area contributed by atoms with Crippen LogP contribution in [0, 0.1) is 0 Å².